The van der Waals surface area contributed by atoms with Gasteiger partial charge in [0.25, 0.3) is 5.56 Å². The second-order valence-corrected chi connectivity index (χ2v) is 19.3. The molecule has 2 amide bonds. The average Bonchev–Trinajstić information content (AvgIpc) is 4.15. The zero-order valence-electron chi connectivity index (χ0n) is 44.9. The van der Waals surface area contributed by atoms with Crippen LogP contribution in [0.5, 0.6) is 0 Å². The van der Waals surface area contributed by atoms with Gasteiger partial charge < -0.3 is 24.4 Å². The van der Waals surface area contributed by atoms with Crippen molar-refractivity contribution in [3.8, 4) is 0 Å². The second kappa shape index (κ2) is 40.7. The summed E-state index contributed by atoms with van der Waals surface area (Å²) in [5.74, 6) is 5.76. The van der Waals surface area contributed by atoms with E-state index in [1.807, 2.05) is 103 Å². The lowest BCUT2D eigenvalue weighted by Gasteiger charge is -2.02. The molecule has 1 aliphatic heterocycles. The molecule has 0 bridgehead atoms. The van der Waals surface area contributed by atoms with E-state index in [9.17, 15) is 19.2 Å². The van der Waals surface area contributed by atoms with Crippen molar-refractivity contribution in [2.75, 3.05) is 14.1 Å². The number of H-pyrrole nitrogens is 2. The van der Waals surface area contributed by atoms with Crippen LogP contribution in [0.2, 0.25) is 0 Å². The summed E-state index contributed by atoms with van der Waals surface area (Å²) in [5.41, 5.74) is 6.88. The molecule has 5 aromatic rings. The summed E-state index contributed by atoms with van der Waals surface area (Å²) in [6.45, 7) is 41.2. The number of amides is 2. The Kier molecular flexibility index (Phi) is 42.5. The number of rotatable bonds is 8. The van der Waals surface area contributed by atoms with E-state index in [2.05, 4.69) is 100 Å². The molecule has 0 unspecified atom stereocenters. The Labute approximate surface area is 440 Å². The van der Waals surface area contributed by atoms with Crippen LogP contribution in [0.3, 0.4) is 0 Å². The molecule has 412 valence electrons. The minimum absolute atomic E-state index is 0. The molecule has 0 spiro atoms. The molecule has 6 rings (SSSR count). The van der Waals surface area contributed by atoms with Crippen LogP contribution in [0.25, 0.3) is 0 Å². The summed E-state index contributed by atoms with van der Waals surface area (Å²) in [6, 6.07) is 4.11. The number of amidine groups is 1. The van der Waals surface area contributed by atoms with Crippen molar-refractivity contribution >= 4 is 40.9 Å². The third-order valence-corrected chi connectivity index (χ3v) is 10.4. The molecule has 72 heavy (non-hydrogen) atoms. The van der Waals surface area contributed by atoms with E-state index in [-0.39, 0.29) is 68.8 Å². The van der Waals surface area contributed by atoms with Crippen LogP contribution in [0.4, 0.5) is 0 Å². The number of hydroxylamine groups is 1. The molecule has 0 radical (unpaired) electrons. The molecule has 6 heterocycles. The van der Waals surface area contributed by atoms with Crippen LogP contribution in [0.1, 0.15) is 207 Å². The molecule has 19 nitrogen and oxygen atoms in total. The fourth-order valence-corrected chi connectivity index (χ4v) is 5.72. The zero-order valence-corrected chi connectivity index (χ0v) is 46.6. The second-order valence-electron chi connectivity index (χ2n) is 17.9. The molecule has 0 saturated heterocycles. The van der Waals surface area contributed by atoms with Crippen LogP contribution >= 0.6 is 23.3 Å². The fraction of sp³-hybridized carbons (Fsp3) is 0.627. The van der Waals surface area contributed by atoms with Crippen molar-refractivity contribution in [3.05, 3.63) is 102 Å². The molecule has 1 aliphatic rings. The number of hydrogen-bond donors (Lipinski definition) is 5. The molecular weight excluding hydrogens is 957 g/mol. The highest BCUT2D eigenvalue weighted by Gasteiger charge is 2.12. The number of aromatic amines is 2. The number of aryl methyl sites for hydroxylation is 3. The predicted octanol–water partition coefficient (Wildman–Crippen LogP) is 11.8. The van der Waals surface area contributed by atoms with Gasteiger partial charge in [0.1, 0.15) is 17.3 Å². The van der Waals surface area contributed by atoms with E-state index in [0.717, 1.165) is 46.1 Å². The molecule has 0 aliphatic carbocycles. The maximum absolute atomic E-state index is 11.4. The summed E-state index contributed by atoms with van der Waals surface area (Å²) in [4.78, 5) is 53.0. The number of nitrogens with zero attached hydrogens (tertiary/aromatic N) is 7. The van der Waals surface area contributed by atoms with Gasteiger partial charge in [0.05, 0.1) is 23.9 Å². The Morgan fingerprint density at radius 1 is 0.694 bits per heavy atom. The lowest BCUT2D eigenvalue weighted by molar-refractivity contribution is -0.124. The van der Waals surface area contributed by atoms with Gasteiger partial charge in [0.2, 0.25) is 17.7 Å². The Bertz CT molecular complexity index is 2240. The van der Waals surface area contributed by atoms with Gasteiger partial charge in [-0.1, -0.05) is 143 Å². The number of aliphatic imine (C=N–C) groups is 1. The van der Waals surface area contributed by atoms with Crippen molar-refractivity contribution in [2.45, 2.75) is 183 Å². The van der Waals surface area contributed by atoms with Crippen molar-refractivity contribution in [1.82, 2.24) is 55.0 Å². The highest BCUT2D eigenvalue weighted by Crippen LogP contribution is 2.19. The summed E-state index contributed by atoms with van der Waals surface area (Å²) >= 11 is 2.71. The van der Waals surface area contributed by atoms with Crippen LogP contribution in [0, 0.1) is 38.5 Å². The first-order valence-electron chi connectivity index (χ1n) is 23.0. The first-order chi connectivity index (χ1) is 32.1. The lowest BCUT2D eigenvalue weighted by atomic mass is 10.0. The van der Waals surface area contributed by atoms with Crippen molar-refractivity contribution in [1.29, 1.82) is 0 Å². The fourth-order valence-electron chi connectivity index (χ4n) is 4.36. The minimum atomic E-state index is -0.0463. The number of hydrogen-bond acceptors (Lipinski definition) is 17. The number of carbonyl (C=O) groups excluding carboxylic acids is 2. The van der Waals surface area contributed by atoms with Crippen molar-refractivity contribution in [3.63, 3.8) is 0 Å². The standard InChI is InChI=1S/C9H12O2.C7H11NO.C7H11NS.C6H10N2O.C5H8N2OS.2C5H11NO.C4H8N4.3CH4/c1-6(2)8-5-11-4-7(3)9(8)10;2*1-5(2)7-4-6(3)8-9-7;1-4(2)6-7-5(3)9-8-6;1-3(2)4-5(8)7-9-6-4;2*1-4(2)5(7)6-3;1-3(2)4-5-7-8-6-4;;;/h4-6H,1-3H3;2*4-5H,1-3H3;4H,3H2,1-2H3,(H,7,8);3H,1-2H3,(H,7,8);2*4H,1-3H3,(H,6,7);3H,1-2H3,(H,5,6,7,8);3*1H4. The Morgan fingerprint density at radius 2 is 1.25 bits per heavy atom. The zero-order chi connectivity index (χ0) is 53.6. The summed E-state index contributed by atoms with van der Waals surface area (Å²) in [5, 5.41) is 22.1. The van der Waals surface area contributed by atoms with Gasteiger partial charge in [0, 0.05) is 83.4 Å². The number of nitrogens with one attached hydrogen (secondary N) is 5. The Hall–Kier alpha value is -5.83. The van der Waals surface area contributed by atoms with Gasteiger partial charge in [-0.3, -0.25) is 23.6 Å². The van der Waals surface area contributed by atoms with Crippen LogP contribution in [0.15, 0.2) is 60.6 Å². The topological polar surface area (TPSA) is 261 Å². The van der Waals surface area contributed by atoms with Gasteiger partial charge in [0.15, 0.2) is 11.3 Å². The van der Waals surface area contributed by atoms with Crippen LogP contribution in [-0.4, -0.2) is 70.6 Å². The molecule has 5 aromatic heterocycles. The van der Waals surface area contributed by atoms with Gasteiger partial charge >= 0.3 is 0 Å². The normalized spacial score (nSPS) is 10.7. The van der Waals surface area contributed by atoms with E-state index < -0.39 is 0 Å². The Balaban J connectivity index is -0.000000237. The quantitative estimate of drug-likeness (QED) is 0.0968. The SMILES string of the molecule is C.C.C.C=C1N=C(C(C)C)NO1.CC(C)c1nn[nH]n1.CC(C)c1ns[nH]c1=O.CNC(=O)C(C)C.CNC(=O)C(C)C.Cc1cc(C(C)C)on1.Cc1cc(C(C)C)sn1.Cc1cocc(C(C)C)c1=O. The molecule has 0 aromatic carbocycles. The highest BCUT2D eigenvalue weighted by molar-refractivity contribution is 7.05. The molecular formula is C51H94N12O7S2. The third kappa shape index (κ3) is 32.9. The molecule has 0 fully saturated rings. The van der Waals surface area contributed by atoms with E-state index in [1.165, 1.54) is 17.4 Å². The largest absolute Gasteiger partial charge is 0.472 e. The molecule has 0 saturated carbocycles. The van der Waals surface area contributed by atoms with E-state index in [4.69, 9.17) is 13.8 Å². The van der Waals surface area contributed by atoms with E-state index >= 15 is 0 Å². The van der Waals surface area contributed by atoms with Crippen molar-refractivity contribution in [2.24, 2.45) is 22.7 Å². The van der Waals surface area contributed by atoms with Gasteiger partial charge in [-0.2, -0.15) is 19.0 Å². The van der Waals surface area contributed by atoms with Crippen LogP contribution in [-0.2, 0) is 14.4 Å². The molecule has 21 heteroatoms. The summed E-state index contributed by atoms with van der Waals surface area (Å²) in [6.07, 6.45) is 3.01. The lowest BCUT2D eigenvalue weighted by Crippen LogP contribution is -2.22. The monoisotopic (exact) mass is 1050 g/mol. The smallest absolute Gasteiger partial charge is 0.281 e. The number of tetrazole rings is 1. The van der Waals surface area contributed by atoms with Crippen LogP contribution < -0.4 is 27.1 Å². The van der Waals surface area contributed by atoms with Gasteiger partial charge in [-0.25, -0.2) is 5.48 Å². The van der Waals surface area contributed by atoms with E-state index in [0.29, 0.717) is 40.8 Å². The first-order valence-corrected chi connectivity index (χ1v) is 24.5. The highest BCUT2D eigenvalue weighted by atomic mass is 32.1. The maximum atomic E-state index is 11.4. The summed E-state index contributed by atoms with van der Waals surface area (Å²) in [7, 11) is 3.28. The third-order valence-electron chi connectivity index (χ3n) is 8.66. The van der Waals surface area contributed by atoms with Crippen molar-refractivity contribution < 1.29 is 23.4 Å². The minimum Gasteiger partial charge on any atom is -0.472 e. The average molecular weight is 1050 g/mol. The Morgan fingerprint density at radius 3 is 1.46 bits per heavy atom. The predicted molar refractivity (Wildman–Crippen MR) is 299 cm³/mol. The first kappa shape index (κ1) is 75.1. The summed E-state index contributed by atoms with van der Waals surface area (Å²) < 4.78 is 20.6. The maximum Gasteiger partial charge on any atom is 0.281 e. The molecule has 0 atom stereocenters. The number of carbonyl (C=O) groups is 2. The van der Waals surface area contributed by atoms with E-state index in [1.54, 1.807) is 32.6 Å². The molecule has 5 N–H and O–H groups in total. The number of aromatic nitrogens is 8. The van der Waals surface area contributed by atoms with Gasteiger partial charge in [-0.05, 0) is 56.8 Å². The van der Waals surface area contributed by atoms with Gasteiger partial charge in [-0.15, -0.1) is 10.2 Å².